The third kappa shape index (κ3) is 3.92. The molecule has 0 atom stereocenters. The van der Waals surface area contributed by atoms with E-state index < -0.39 is 21.1 Å². The Bertz CT molecular complexity index is 1410. The van der Waals surface area contributed by atoms with Gasteiger partial charge in [0.05, 0.1) is 16.5 Å². The van der Waals surface area contributed by atoms with E-state index in [1.165, 1.54) is 29.5 Å². The van der Waals surface area contributed by atoms with E-state index in [-0.39, 0.29) is 10.6 Å². The highest BCUT2D eigenvalue weighted by atomic mass is 35.5. The Morgan fingerprint density at radius 2 is 1.90 bits per heavy atom. The largest absolute Gasteiger partial charge is 0.497 e. The summed E-state index contributed by atoms with van der Waals surface area (Å²) in [7, 11) is -3.42. The van der Waals surface area contributed by atoms with Gasteiger partial charge in [-0.25, -0.2) is 23.4 Å². The lowest BCUT2D eigenvalue weighted by atomic mass is 10.1. The van der Waals surface area contributed by atoms with Gasteiger partial charge in [0.15, 0.2) is 5.65 Å². The Labute approximate surface area is 184 Å². The van der Waals surface area contributed by atoms with E-state index in [0.717, 1.165) is 17.0 Å². The molecule has 0 aliphatic carbocycles. The number of fused-ring (bicyclic) bond motifs is 1. The second-order valence-corrected chi connectivity index (χ2v) is 10.1. The summed E-state index contributed by atoms with van der Waals surface area (Å²) in [6, 6.07) is 5.79. The van der Waals surface area contributed by atoms with Crippen LogP contribution in [0, 0.1) is 6.92 Å². The van der Waals surface area contributed by atoms with Gasteiger partial charge in [-0.05, 0) is 24.6 Å². The van der Waals surface area contributed by atoms with Crippen LogP contribution in [0.3, 0.4) is 0 Å². The topological polar surface area (TPSA) is 77.7 Å². The highest BCUT2D eigenvalue weighted by Gasteiger charge is 2.45. The van der Waals surface area contributed by atoms with E-state index in [0.29, 0.717) is 21.8 Å². The van der Waals surface area contributed by atoms with E-state index in [4.69, 9.17) is 11.6 Å². The molecular weight excluding hydrogens is 473 g/mol. The number of benzene rings is 1. The first-order chi connectivity index (χ1) is 14.5. The van der Waals surface area contributed by atoms with Gasteiger partial charge in [-0.3, -0.25) is 0 Å². The summed E-state index contributed by atoms with van der Waals surface area (Å²) in [5.74, 6) is -0.369. The molecule has 0 bridgehead atoms. The lowest BCUT2D eigenvalue weighted by Gasteiger charge is -2.09. The molecule has 4 rings (SSSR count). The summed E-state index contributed by atoms with van der Waals surface area (Å²) in [6.45, 7) is 1.87. The van der Waals surface area contributed by atoms with Gasteiger partial charge in [-0.15, -0.1) is 11.3 Å². The van der Waals surface area contributed by atoms with Crippen molar-refractivity contribution in [2.24, 2.45) is 7.05 Å². The van der Waals surface area contributed by atoms with Crippen molar-refractivity contribution < 1.29 is 21.6 Å². The molecule has 31 heavy (non-hydrogen) atoms. The summed E-state index contributed by atoms with van der Waals surface area (Å²) in [5, 5.41) is 2.56. The molecule has 162 valence electrons. The van der Waals surface area contributed by atoms with E-state index in [2.05, 4.69) is 15.0 Å². The monoisotopic (exact) mass is 486 g/mol. The van der Waals surface area contributed by atoms with Crippen molar-refractivity contribution in [2.75, 3.05) is 0 Å². The number of pyridine rings is 1. The molecule has 6 nitrogen and oxygen atoms in total. The van der Waals surface area contributed by atoms with Crippen LogP contribution in [0.25, 0.3) is 33.0 Å². The average molecular weight is 487 g/mol. The van der Waals surface area contributed by atoms with Gasteiger partial charge in [0.1, 0.15) is 16.3 Å². The van der Waals surface area contributed by atoms with E-state index in [9.17, 15) is 21.6 Å². The number of hydrogen-bond acceptors (Lipinski definition) is 6. The van der Waals surface area contributed by atoms with Crippen LogP contribution >= 0.6 is 22.9 Å². The lowest BCUT2D eigenvalue weighted by Crippen LogP contribution is -2.24. The van der Waals surface area contributed by atoms with Crippen molar-refractivity contribution in [3.8, 4) is 21.8 Å². The fourth-order valence-electron chi connectivity index (χ4n) is 3.04. The number of halogens is 4. The van der Waals surface area contributed by atoms with Crippen molar-refractivity contribution in [1.29, 1.82) is 0 Å². The SMILES string of the molecule is Cc1nc2c(-c3nc(-c4ccc(CS(=O)(=O)C(F)(F)F)cc4Cl)cs3)ccnc2n1C. The average Bonchev–Trinajstić information content (AvgIpc) is 3.26. The van der Waals surface area contributed by atoms with Gasteiger partial charge in [0, 0.05) is 29.8 Å². The molecule has 0 aliphatic heterocycles. The first-order valence-corrected chi connectivity index (χ1v) is 11.7. The lowest BCUT2D eigenvalue weighted by molar-refractivity contribution is -0.0437. The normalized spacial score (nSPS) is 12.6. The molecule has 0 amide bonds. The first-order valence-electron chi connectivity index (χ1n) is 8.79. The fourth-order valence-corrected chi connectivity index (χ4v) is 4.97. The number of aromatic nitrogens is 4. The molecule has 3 heterocycles. The van der Waals surface area contributed by atoms with Gasteiger partial charge < -0.3 is 4.57 Å². The van der Waals surface area contributed by atoms with Gasteiger partial charge >= 0.3 is 5.51 Å². The van der Waals surface area contributed by atoms with Gasteiger partial charge in [0.25, 0.3) is 9.84 Å². The fraction of sp³-hybridized carbons (Fsp3) is 0.211. The van der Waals surface area contributed by atoms with Gasteiger partial charge in [0.2, 0.25) is 0 Å². The Kier molecular flexibility index (Phi) is 5.31. The number of rotatable bonds is 4. The molecule has 0 aliphatic rings. The molecule has 0 fully saturated rings. The number of thiazole rings is 1. The molecular formula is C19H14ClF3N4O2S2. The van der Waals surface area contributed by atoms with Crippen molar-refractivity contribution >= 4 is 43.9 Å². The van der Waals surface area contributed by atoms with Crippen LogP contribution in [0.15, 0.2) is 35.8 Å². The molecule has 0 unspecified atom stereocenters. The maximum Gasteiger partial charge on any atom is 0.497 e. The third-order valence-corrected chi connectivity index (χ3v) is 7.34. The minimum Gasteiger partial charge on any atom is -0.316 e. The van der Waals surface area contributed by atoms with Crippen molar-refractivity contribution in [2.45, 2.75) is 18.2 Å². The quantitative estimate of drug-likeness (QED) is 0.398. The molecule has 0 N–H and O–H groups in total. The predicted molar refractivity (Wildman–Crippen MR) is 113 cm³/mol. The second kappa shape index (κ2) is 7.57. The number of alkyl halides is 3. The molecule has 0 saturated carbocycles. The highest BCUT2D eigenvalue weighted by molar-refractivity contribution is 7.91. The maximum atomic E-state index is 12.6. The number of hydrogen-bond donors (Lipinski definition) is 0. The van der Waals surface area contributed by atoms with Crippen LogP contribution in [0.2, 0.25) is 5.02 Å². The molecule has 0 radical (unpaired) electrons. The smallest absolute Gasteiger partial charge is 0.316 e. The zero-order valence-electron chi connectivity index (χ0n) is 16.1. The molecule has 0 saturated heterocycles. The first kappa shape index (κ1) is 21.7. The Morgan fingerprint density at radius 1 is 1.16 bits per heavy atom. The predicted octanol–water partition coefficient (Wildman–Crippen LogP) is 5.16. The summed E-state index contributed by atoms with van der Waals surface area (Å²) in [4.78, 5) is 13.5. The van der Waals surface area contributed by atoms with Gasteiger partial charge in [-0.1, -0.05) is 23.7 Å². The standard InChI is InChI=1S/C19H14ClF3N4O2S2/c1-10-25-16-13(5-6-24-17(16)27(10)2)18-26-15(8-30-18)12-4-3-11(7-14(12)20)9-31(28,29)19(21,22)23/h3-8H,9H2,1-2H3. The van der Waals surface area contributed by atoms with Crippen molar-refractivity contribution in [1.82, 2.24) is 19.5 Å². The number of imidazole rings is 1. The third-order valence-electron chi connectivity index (χ3n) is 4.74. The molecule has 12 heteroatoms. The maximum absolute atomic E-state index is 12.6. The summed E-state index contributed by atoms with van der Waals surface area (Å²) >= 11 is 7.61. The van der Waals surface area contributed by atoms with Crippen LogP contribution in [-0.2, 0) is 22.6 Å². The number of sulfone groups is 1. The molecule has 4 aromatic rings. The van der Waals surface area contributed by atoms with E-state index in [1.54, 1.807) is 11.6 Å². The van der Waals surface area contributed by atoms with Crippen LogP contribution in [0.1, 0.15) is 11.4 Å². The van der Waals surface area contributed by atoms with Crippen LogP contribution in [0.5, 0.6) is 0 Å². The van der Waals surface area contributed by atoms with Crippen LogP contribution < -0.4 is 0 Å². The minimum atomic E-state index is -5.32. The minimum absolute atomic E-state index is 0.0543. The Balaban J connectivity index is 1.68. The second-order valence-electron chi connectivity index (χ2n) is 6.81. The van der Waals surface area contributed by atoms with Crippen LogP contribution in [-0.4, -0.2) is 33.4 Å². The summed E-state index contributed by atoms with van der Waals surface area (Å²) < 4.78 is 62.5. The summed E-state index contributed by atoms with van der Waals surface area (Å²) in [5.41, 5.74) is -2.13. The van der Waals surface area contributed by atoms with Crippen molar-refractivity contribution in [3.63, 3.8) is 0 Å². The Hall–Kier alpha value is -2.50. The number of nitrogens with zero attached hydrogens (tertiary/aromatic N) is 4. The van der Waals surface area contributed by atoms with E-state index in [1.807, 2.05) is 24.6 Å². The highest BCUT2D eigenvalue weighted by Crippen LogP contribution is 2.36. The van der Waals surface area contributed by atoms with Crippen molar-refractivity contribution in [3.05, 3.63) is 52.3 Å². The molecule has 1 aromatic carbocycles. The molecule has 3 aromatic heterocycles. The molecule has 0 spiro atoms. The summed E-state index contributed by atoms with van der Waals surface area (Å²) in [6.07, 6.45) is 1.67. The van der Waals surface area contributed by atoms with E-state index >= 15 is 0 Å². The zero-order chi connectivity index (χ0) is 22.6. The van der Waals surface area contributed by atoms with Crippen LogP contribution in [0.4, 0.5) is 13.2 Å². The van der Waals surface area contributed by atoms with Gasteiger partial charge in [-0.2, -0.15) is 13.2 Å². The Morgan fingerprint density at radius 3 is 2.58 bits per heavy atom. The zero-order valence-corrected chi connectivity index (χ0v) is 18.5. The number of aryl methyl sites for hydroxylation is 2.